The molecular weight excluding hydrogens is 276 g/mol. The number of halogens is 2. The zero-order valence-corrected chi connectivity index (χ0v) is 11.4. The fourth-order valence-electron chi connectivity index (χ4n) is 2.04. The van der Waals surface area contributed by atoms with Crippen LogP contribution in [-0.2, 0) is 6.54 Å². The minimum absolute atomic E-state index is 0.0200. The van der Waals surface area contributed by atoms with Crippen molar-refractivity contribution >= 4 is 5.69 Å². The van der Waals surface area contributed by atoms with Gasteiger partial charge in [-0.3, -0.25) is 4.79 Å². The lowest BCUT2D eigenvalue weighted by atomic mass is 10.2. The molecule has 21 heavy (non-hydrogen) atoms. The summed E-state index contributed by atoms with van der Waals surface area (Å²) in [5, 5.41) is 7.17. The Labute approximate surface area is 120 Å². The Balaban J connectivity index is 1.74. The summed E-state index contributed by atoms with van der Waals surface area (Å²) in [5.41, 5.74) is 0.576. The third-order valence-electron chi connectivity index (χ3n) is 3.50. The largest absolute Gasteiger partial charge is 0.383 e. The van der Waals surface area contributed by atoms with Crippen LogP contribution in [-0.4, -0.2) is 16.3 Å². The SMILES string of the molecule is O=c1cc(NCC2CC2)cnn1Cc1ccc(F)cc1F. The molecule has 1 aromatic carbocycles. The first-order valence-corrected chi connectivity index (χ1v) is 6.87. The number of hydrogen-bond donors (Lipinski definition) is 1. The number of hydrogen-bond acceptors (Lipinski definition) is 3. The van der Waals surface area contributed by atoms with E-state index in [2.05, 4.69) is 10.4 Å². The molecule has 1 aromatic heterocycles. The predicted molar refractivity (Wildman–Crippen MR) is 75.2 cm³/mol. The highest BCUT2D eigenvalue weighted by Gasteiger charge is 2.20. The highest BCUT2D eigenvalue weighted by molar-refractivity contribution is 5.39. The van der Waals surface area contributed by atoms with E-state index in [4.69, 9.17) is 0 Å². The second-order valence-electron chi connectivity index (χ2n) is 5.30. The first-order chi connectivity index (χ1) is 10.1. The topological polar surface area (TPSA) is 46.9 Å². The van der Waals surface area contributed by atoms with Gasteiger partial charge in [0.05, 0.1) is 18.4 Å². The van der Waals surface area contributed by atoms with Crippen LogP contribution in [0.25, 0.3) is 0 Å². The van der Waals surface area contributed by atoms with Gasteiger partial charge in [-0.15, -0.1) is 0 Å². The van der Waals surface area contributed by atoms with Gasteiger partial charge in [-0.1, -0.05) is 6.07 Å². The van der Waals surface area contributed by atoms with E-state index in [0.29, 0.717) is 11.6 Å². The lowest BCUT2D eigenvalue weighted by Crippen LogP contribution is -2.23. The molecule has 1 saturated carbocycles. The lowest BCUT2D eigenvalue weighted by Gasteiger charge is -2.08. The van der Waals surface area contributed by atoms with E-state index < -0.39 is 11.6 Å². The summed E-state index contributed by atoms with van der Waals surface area (Å²) in [6.45, 7) is 0.825. The van der Waals surface area contributed by atoms with Crippen LogP contribution in [0.1, 0.15) is 18.4 Å². The fourth-order valence-corrected chi connectivity index (χ4v) is 2.04. The monoisotopic (exact) mass is 291 g/mol. The lowest BCUT2D eigenvalue weighted by molar-refractivity contribution is 0.551. The number of benzene rings is 1. The summed E-state index contributed by atoms with van der Waals surface area (Å²) in [5.74, 6) is -0.628. The van der Waals surface area contributed by atoms with Gasteiger partial charge in [0.25, 0.3) is 5.56 Å². The van der Waals surface area contributed by atoms with Crippen LogP contribution in [0.5, 0.6) is 0 Å². The second kappa shape index (κ2) is 5.63. The maximum atomic E-state index is 13.6. The van der Waals surface area contributed by atoms with Crippen molar-refractivity contribution in [3.05, 3.63) is 58.0 Å². The molecule has 1 fully saturated rings. The molecule has 6 heteroatoms. The maximum Gasteiger partial charge on any atom is 0.269 e. The molecule has 1 heterocycles. The molecule has 1 N–H and O–H groups in total. The molecule has 1 aliphatic rings. The summed E-state index contributed by atoms with van der Waals surface area (Å²) in [4.78, 5) is 11.9. The molecule has 1 aliphatic carbocycles. The normalized spacial score (nSPS) is 14.2. The molecule has 0 atom stereocenters. The summed E-state index contributed by atoms with van der Waals surface area (Å²) in [7, 11) is 0. The number of nitrogens with zero attached hydrogens (tertiary/aromatic N) is 2. The Bertz CT molecular complexity index is 710. The minimum atomic E-state index is -0.681. The first-order valence-electron chi connectivity index (χ1n) is 6.87. The van der Waals surface area contributed by atoms with E-state index >= 15 is 0 Å². The van der Waals surface area contributed by atoms with Gasteiger partial charge in [0, 0.05) is 24.2 Å². The van der Waals surface area contributed by atoms with Crippen molar-refractivity contribution in [2.24, 2.45) is 5.92 Å². The first kappa shape index (κ1) is 13.7. The van der Waals surface area contributed by atoms with Gasteiger partial charge in [0.2, 0.25) is 0 Å². The number of rotatable bonds is 5. The van der Waals surface area contributed by atoms with E-state index in [9.17, 15) is 13.6 Å². The zero-order chi connectivity index (χ0) is 14.8. The smallest absolute Gasteiger partial charge is 0.269 e. The average Bonchev–Trinajstić information content (AvgIpc) is 3.26. The minimum Gasteiger partial charge on any atom is -0.383 e. The van der Waals surface area contributed by atoms with Crippen molar-refractivity contribution in [2.75, 3.05) is 11.9 Å². The van der Waals surface area contributed by atoms with Crippen LogP contribution >= 0.6 is 0 Å². The van der Waals surface area contributed by atoms with Gasteiger partial charge >= 0.3 is 0 Å². The molecule has 0 saturated heterocycles. The Morgan fingerprint density at radius 1 is 1.29 bits per heavy atom. The third-order valence-corrected chi connectivity index (χ3v) is 3.50. The van der Waals surface area contributed by atoms with Crippen molar-refractivity contribution in [3.8, 4) is 0 Å². The van der Waals surface area contributed by atoms with E-state index in [1.807, 2.05) is 0 Å². The van der Waals surface area contributed by atoms with Crippen molar-refractivity contribution < 1.29 is 8.78 Å². The van der Waals surface area contributed by atoms with Crippen molar-refractivity contribution in [3.63, 3.8) is 0 Å². The molecule has 2 aromatic rings. The summed E-state index contributed by atoms with van der Waals surface area (Å²) >= 11 is 0. The van der Waals surface area contributed by atoms with Gasteiger partial charge in [-0.05, 0) is 24.8 Å². The molecule has 0 amide bonds. The molecule has 0 spiro atoms. The Hall–Kier alpha value is -2.24. The standard InChI is InChI=1S/C15H15F2N3O/c16-12-4-3-11(14(17)5-12)9-20-15(21)6-13(8-19-20)18-7-10-1-2-10/h3-6,8,10,18H,1-2,7,9H2. The van der Waals surface area contributed by atoms with E-state index in [1.165, 1.54) is 25.0 Å². The van der Waals surface area contributed by atoms with Gasteiger partial charge in [0.1, 0.15) is 11.6 Å². The van der Waals surface area contributed by atoms with Crippen LogP contribution < -0.4 is 10.9 Å². The van der Waals surface area contributed by atoms with Crippen LogP contribution in [0.15, 0.2) is 35.3 Å². The van der Waals surface area contributed by atoms with Crippen molar-refractivity contribution in [1.29, 1.82) is 0 Å². The average molecular weight is 291 g/mol. The Morgan fingerprint density at radius 2 is 2.10 bits per heavy atom. The highest BCUT2D eigenvalue weighted by atomic mass is 19.1. The van der Waals surface area contributed by atoms with Crippen molar-refractivity contribution in [2.45, 2.75) is 19.4 Å². The van der Waals surface area contributed by atoms with E-state index in [1.54, 1.807) is 6.20 Å². The summed E-state index contributed by atoms with van der Waals surface area (Å²) in [6, 6.07) is 4.72. The molecule has 4 nitrogen and oxygen atoms in total. The van der Waals surface area contributed by atoms with Crippen LogP contribution in [0.2, 0.25) is 0 Å². The quantitative estimate of drug-likeness (QED) is 0.920. The second-order valence-corrected chi connectivity index (χ2v) is 5.30. The van der Waals surface area contributed by atoms with Gasteiger partial charge in [-0.2, -0.15) is 5.10 Å². The van der Waals surface area contributed by atoms with Crippen LogP contribution in [0.4, 0.5) is 14.5 Å². The molecule has 0 bridgehead atoms. The summed E-state index contributed by atoms with van der Waals surface area (Å²) in [6.07, 6.45) is 3.99. The van der Waals surface area contributed by atoms with Crippen LogP contribution in [0.3, 0.4) is 0 Å². The highest BCUT2D eigenvalue weighted by Crippen LogP contribution is 2.28. The molecule has 0 unspecified atom stereocenters. The number of anilines is 1. The van der Waals surface area contributed by atoms with Crippen LogP contribution in [0, 0.1) is 17.6 Å². The Kier molecular flexibility index (Phi) is 3.68. The Morgan fingerprint density at radius 3 is 2.76 bits per heavy atom. The molecular formula is C15H15F2N3O. The van der Waals surface area contributed by atoms with E-state index in [-0.39, 0.29) is 17.7 Å². The van der Waals surface area contributed by atoms with E-state index in [0.717, 1.165) is 23.4 Å². The fraction of sp³-hybridized carbons (Fsp3) is 0.333. The van der Waals surface area contributed by atoms with Gasteiger partial charge in [0.15, 0.2) is 0 Å². The maximum absolute atomic E-state index is 13.6. The molecule has 3 rings (SSSR count). The zero-order valence-electron chi connectivity index (χ0n) is 11.4. The third kappa shape index (κ3) is 3.45. The molecule has 0 radical (unpaired) electrons. The predicted octanol–water partition coefficient (Wildman–Crippen LogP) is 2.39. The van der Waals surface area contributed by atoms with Crippen molar-refractivity contribution in [1.82, 2.24) is 9.78 Å². The molecule has 110 valence electrons. The molecule has 0 aliphatic heterocycles. The number of nitrogens with one attached hydrogen (secondary N) is 1. The summed E-state index contributed by atoms with van der Waals surface area (Å²) < 4.78 is 27.6. The number of aromatic nitrogens is 2. The van der Waals surface area contributed by atoms with Gasteiger partial charge < -0.3 is 5.32 Å². The van der Waals surface area contributed by atoms with Gasteiger partial charge in [-0.25, -0.2) is 13.5 Å².